The Kier molecular flexibility index (Phi) is 22.9. The zero-order valence-corrected chi connectivity index (χ0v) is 13.2. The monoisotopic (exact) mass is 260 g/mol. The molecule has 0 aromatic carbocycles. The van der Waals surface area contributed by atoms with Gasteiger partial charge in [-0.1, -0.05) is 34.6 Å². The largest absolute Gasteiger partial charge is 0.355 e. The van der Waals surface area contributed by atoms with Crippen LogP contribution >= 0.6 is 0 Å². The Bertz CT molecular complexity index is 194. The molecule has 1 atom stereocenters. The lowest BCUT2D eigenvalue weighted by atomic mass is 9.99. The van der Waals surface area contributed by atoms with E-state index in [0.717, 1.165) is 6.54 Å². The first kappa shape index (κ1) is 22.3. The summed E-state index contributed by atoms with van der Waals surface area (Å²) >= 11 is 0. The van der Waals surface area contributed by atoms with Crippen molar-refractivity contribution in [3.63, 3.8) is 0 Å². The van der Waals surface area contributed by atoms with Gasteiger partial charge >= 0.3 is 0 Å². The van der Waals surface area contributed by atoms with Crippen LogP contribution in [0.1, 0.15) is 54.4 Å². The molecule has 0 aromatic heterocycles. The summed E-state index contributed by atoms with van der Waals surface area (Å²) in [5, 5.41) is 5.73. The van der Waals surface area contributed by atoms with Crippen molar-refractivity contribution < 1.29 is 9.59 Å². The van der Waals surface area contributed by atoms with Crippen molar-refractivity contribution in [2.24, 2.45) is 5.92 Å². The average Bonchev–Trinajstić information content (AvgIpc) is 2.40. The van der Waals surface area contributed by atoms with Crippen LogP contribution in [0.25, 0.3) is 0 Å². The highest BCUT2D eigenvalue weighted by Gasteiger charge is 2.17. The van der Waals surface area contributed by atoms with Gasteiger partial charge in [0.15, 0.2) is 0 Å². The highest BCUT2D eigenvalue weighted by atomic mass is 16.2. The van der Waals surface area contributed by atoms with Crippen molar-refractivity contribution in [3.8, 4) is 0 Å². The normalized spacial score (nSPS) is 10.2. The van der Waals surface area contributed by atoms with Crippen LogP contribution < -0.4 is 10.6 Å². The molecule has 0 aliphatic carbocycles. The Morgan fingerprint density at radius 3 is 1.89 bits per heavy atom. The van der Waals surface area contributed by atoms with E-state index in [0.29, 0.717) is 19.4 Å². The van der Waals surface area contributed by atoms with Crippen molar-refractivity contribution in [1.82, 2.24) is 10.6 Å². The SMILES string of the molecule is CC.CC.CCC(CC(C)=O)C(=O)NCCNC. The molecule has 0 bridgehead atoms. The van der Waals surface area contributed by atoms with E-state index in [1.165, 1.54) is 6.92 Å². The van der Waals surface area contributed by atoms with Crippen LogP contribution in [0.15, 0.2) is 0 Å². The first-order chi connectivity index (χ1) is 8.61. The molecule has 0 heterocycles. The van der Waals surface area contributed by atoms with Crippen molar-refractivity contribution in [1.29, 1.82) is 0 Å². The summed E-state index contributed by atoms with van der Waals surface area (Å²) in [4.78, 5) is 22.3. The molecule has 0 aromatic rings. The first-order valence-corrected chi connectivity index (χ1v) is 7.03. The Balaban J connectivity index is -0.000000506. The number of ketones is 1. The van der Waals surface area contributed by atoms with Crippen molar-refractivity contribution in [2.75, 3.05) is 20.1 Å². The Morgan fingerprint density at radius 2 is 1.56 bits per heavy atom. The summed E-state index contributed by atoms with van der Waals surface area (Å²) in [7, 11) is 1.83. The molecule has 4 heteroatoms. The third-order valence-electron chi connectivity index (χ3n) is 2.07. The minimum Gasteiger partial charge on any atom is -0.355 e. The number of likely N-dealkylation sites (N-methyl/N-ethyl adjacent to an activating group) is 1. The lowest BCUT2D eigenvalue weighted by Gasteiger charge is -2.13. The molecular formula is C14H32N2O2. The number of nitrogens with one attached hydrogen (secondary N) is 2. The van der Waals surface area contributed by atoms with E-state index in [9.17, 15) is 9.59 Å². The van der Waals surface area contributed by atoms with Crippen LogP contribution in [0, 0.1) is 5.92 Å². The van der Waals surface area contributed by atoms with Crippen LogP contribution in [0.2, 0.25) is 0 Å². The second kappa shape index (κ2) is 18.5. The molecule has 4 nitrogen and oxygen atoms in total. The third kappa shape index (κ3) is 15.1. The second-order valence-electron chi connectivity index (χ2n) is 3.41. The number of carbonyl (C=O) groups is 2. The van der Waals surface area contributed by atoms with Crippen LogP contribution in [0.5, 0.6) is 0 Å². The van der Waals surface area contributed by atoms with Crippen molar-refractivity contribution >= 4 is 11.7 Å². The number of Topliss-reactive ketones (excluding diaryl/α,β-unsaturated/α-hetero) is 1. The van der Waals surface area contributed by atoms with Crippen molar-refractivity contribution in [2.45, 2.75) is 54.4 Å². The fourth-order valence-corrected chi connectivity index (χ4v) is 1.22. The fraction of sp³-hybridized carbons (Fsp3) is 0.857. The van der Waals surface area contributed by atoms with Gasteiger partial charge in [-0.15, -0.1) is 0 Å². The molecule has 0 aliphatic heterocycles. The van der Waals surface area contributed by atoms with E-state index < -0.39 is 0 Å². The summed E-state index contributed by atoms with van der Waals surface area (Å²) in [5.74, 6) is -0.108. The van der Waals surface area contributed by atoms with Gasteiger partial charge in [0.2, 0.25) is 5.91 Å². The maximum Gasteiger partial charge on any atom is 0.223 e. The molecule has 0 fully saturated rings. The van der Waals surface area contributed by atoms with Crippen molar-refractivity contribution in [3.05, 3.63) is 0 Å². The summed E-state index contributed by atoms with van der Waals surface area (Å²) in [6.45, 7) is 12.8. The predicted molar refractivity (Wildman–Crippen MR) is 78.7 cm³/mol. The van der Waals surface area contributed by atoms with E-state index in [4.69, 9.17) is 0 Å². The maximum atomic E-state index is 11.5. The van der Waals surface area contributed by atoms with Gasteiger partial charge < -0.3 is 15.4 Å². The highest BCUT2D eigenvalue weighted by molar-refractivity contribution is 5.85. The lowest BCUT2D eigenvalue weighted by molar-refractivity contribution is -0.128. The number of amides is 1. The summed E-state index contributed by atoms with van der Waals surface area (Å²) in [6.07, 6.45) is 1.06. The van der Waals surface area contributed by atoms with E-state index in [1.807, 2.05) is 41.7 Å². The van der Waals surface area contributed by atoms with Gasteiger partial charge in [-0.3, -0.25) is 4.79 Å². The summed E-state index contributed by atoms with van der Waals surface area (Å²) in [6, 6.07) is 0. The molecule has 0 saturated carbocycles. The first-order valence-electron chi connectivity index (χ1n) is 7.03. The highest BCUT2D eigenvalue weighted by Crippen LogP contribution is 2.08. The van der Waals surface area contributed by atoms with Gasteiger partial charge in [0.1, 0.15) is 5.78 Å². The molecule has 0 saturated heterocycles. The molecule has 0 spiro atoms. The van der Waals surface area contributed by atoms with Gasteiger partial charge in [0.25, 0.3) is 0 Å². The average molecular weight is 260 g/mol. The zero-order valence-electron chi connectivity index (χ0n) is 13.2. The minimum absolute atomic E-state index is 0.0158. The molecule has 2 N–H and O–H groups in total. The number of carbonyl (C=O) groups excluding carboxylic acids is 2. The third-order valence-corrected chi connectivity index (χ3v) is 2.07. The standard InChI is InChI=1S/C10H20N2O2.2C2H6/c1-4-9(7-8(2)13)10(14)12-6-5-11-3;2*1-2/h9,11H,4-7H2,1-3H3,(H,12,14);2*1-2H3. The Hall–Kier alpha value is -0.900. The topological polar surface area (TPSA) is 58.2 Å². The molecule has 1 unspecified atom stereocenters. The predicted octanol–water partition coefficient (Wildman–Crippen LogP) is 2.38. The maximum absolute atomic E-state index is 11.5. The van der Waals surface area contributed by atoms with Crippen LogP contribution in [0.4, 0.5) is 0 Å². The molecule has 0 rings (SSSR count). The lowest BCUT2D eigenvalue weighted by Crippen LogP contribution is -2.35. The molecule has 18 heavy (non-hydrogen) atoms. The molecule has 0 radical (unpaired) electrons. The summed E-state index contributed by atoms with van der Waals surface area (Å²) in [5.41, 5.74) is 0. The summed E-state index contributed by atoms with van der Waals surface area (Å²) < 4.78 is 0. The van der Waals surface area contributed by atoms with Gasteiger partial charge in [0.05, 0.1) is 0 Å². The number of rotatable bonds is 7. The quantitative estimate of drug-likeness (QED) is 0.691. The smallest absolute Gasteiger partial charge is 0.223 e. The fourth-order valence-electron chi connectivity index (χ4n) is 1.22. The number of hydrogen-bond donors (Lipinski definition) is 2. The Labute approximate surface area is 113 Å². The van der Waals surface area contributed by atoms with Crippen LogP contribution in [-0.2, 0) is 9.59 Å². The number of hydrogen-bond acceptors (Lipinski definition) is 3. The van der Waals surface area contributed by atoms with E-state index in [-0.39, 0.29) is 17.6 Å². The van der Waals surface area contributed by atoms with Gasteiger partial charge in [-0.2, -0.15) is 0 Å². The van der Waals surface area contributed by atoms with Gasteiger partial charge in [0, 0.05) is 25.4 Å². The second-order valence-corrected chi connectivity index (χ2v) is 3.41. The molecule has 0 aliphatic rings. The van der Waals surface area contributed by atoms with Gasteiger partial charge in [-0.25, -0.2) is 0 Å². The van der Waals surface area contributed by atoms with Gasteiger partial charge in [-0.05, 0) is 20.4 Å². The molecule has 1 amide bonds. The van der Waals surface area contributed by atoms with Crippen LogP contribution in [0.3, 0.4) is 0 Å². The van der Waals surface area contributed by atoms with E-state index in [1.54, 1.807) is 0 Å². The Morgan fingerprint density at radius 1 is 1.06 bits per heavy atom. The van der Waals surface area contributed by atoms with E-state index >= 15 is 0 Å². The van der Waals surface area contributed by atoms with Crippen LogP contribution in [-0.4, -0.2) is 31.8 Å². The zero-order chi connectivity index (χ0) is 15.0. The molecular weight excluding hydrogens is 228 g/mol. The minimum atomic E-state index is -0.163. The molecule has 110 valence electrons. The van der Waals surface area contributed by atoms with E-state index in [2.05, 4.69) is 10.6 Å².